The summed E-state index contributed by atoms with van der Waals surface area (Å²) in [7, 11) is 0. The van der Waals surface area contributed by atoms with Gasteiger partial charge in [0.15, 0.2) is 0 Å². The lowest BCUT2D eigenvalue weighted by Crippen LogP contribution is -2.41. The molecule has 12 heteroatoms. The highest BCUT2D eigenvalue weighted by atomic mass is 32.1. The molecule has 3 atom stereocenters. The van der Waals surface area contributed by atoms with Crippen LogP contribution in [0.1, 0.15) is 56.4 Å². The summed E-state index contributed by atoms with van der Waals surface area (Å²) in [5.74, 6) is -1.92. The number of carbonyl (C=O) groups excluding carboxylic acids is 2. The number of fused-ring (bicyclic) bond motifs is 2. The number of likely N-dealkylation sites (tertiary alicyclic amines) is 1. The number of aryl methyl sites for hydroxylation is 1. The van der Waals surface area contributed by atoms with Crippen molar-refractivity contribution >= 4 is 23.2 Å². The third-order valence-corrected chi connectivity index (χ3v) is 7.21. The van der Waals surface area contributed by atoms with Gasteiger partial charge in [0.2, 0.25) is 5.82 Å². The first kappa shape index (κ1) is 24.3. The summed E-state index contributed by atoms with van der Waals surface area (Å²) in [6.07, 6.45) is -0.0131. The minimum atomic E-state index is -4.65. The number of amides is 2. The lowest BCUT2D eigenvalue weighted by atomic mass is 10.0. The van der Waals surface area contributed by atoms with E-state index in [1.165, 1.54) is 17.4 Å². The molecule has 2 aliphatic rings. The zero-order valence-electron chi connectivity index (χ0n) is 19.4. The Labute approximate surface area is 208 Å². The molecule has 2 saturated heterocycles. The van der Waals surface area contributed by atoms with E-state index in [9.17, 15) is 22.8 Å². The van der Waals surface area contributed by atoms with Crippen LogP contribution in [0.25, 0.3) is 10.6 Å². The van der Waals surface area contributed by atoms with Gasteiger partial charge in [0.05, 0.1) is 24.8 Å². The molecular weight excluding hydrogens is 495 g/mol. The van der Waals surface area contributed by atoms with E-state index >= 15 is 0 Å². The molecule has 1 N–H and O–H groups in total. The molecule has 36 heavy (non-hydrogen) atoms. The van der Waals surface area contributed by atoms with Crippen molar-refractivity contribution in [2.75, 3.05) is 13.2 Å². The van der Waals surface area contributed by atoms with E-state index in [0.717, 1.165) is 23.7 Å². The Kier molecular flexibility index (Phi) is 6.25. The molecule has 2 bridgehead atoms. The molecule has 2 aliphatic heterocycles. The van der Waals surface area contributed by atoms with Gasteiger partial charge in [-0.2, -0.15) is 13.2 Å². The SMILES string of the molecule is Cc1cnc(-c2cc(C(=O)N[C@H](C)c3cnc(C(F)(F)F)nc3)cc(C(=O)N3C[C@@H]4C[C@H]3CO4)c2)s1. The van der Waals surface area contributed by atoms with Gasteiger partial charge < -0.3 is 15.0 Å². The monoisotopic (exact) mass is 517 g/mol. The van der Waals surface area contributed by atoms with Crippen LogP contribution in [0.4, 0.5) is 13.2 Å². The number of morpholine rings is 1. The third kappa shape index (κ3) is 4.82. The number of hydrogen-bond donors (Lipinski definition) is 1. The molecule has 2 aromatic heterocycles. The molecule has 1 aromatic carbocycles. The second kappa shape index (κ2) is 9.25. The molecular formula is C24H22F3N5O3S. The molecule has 0 spiro atoms. The highest BCUT2D eigenvalue weighted by Gasteiger charge is 2.42. The van der Waals surface area contributed by atoms with Crippen LogP contribution in [-0.2, 0) is 10.9 Å². The number of thiazole rings is 1. The van der Waals surface area contributed by atoms with Crippen LogP contribution in [0.5, 0.6) is 0 Å². The maximum Gasteiger partial charge on any atom is 0.451 e. The maximum absolute atomic E-state index is 13.4. The van der Waals surface area contributed by atoms with Crippen molar-refractivity contribution in [1.29, 1.82) is 0 Å². The van der Waals surface area contributed by atoms with Crippen molar-refractivity contribution in [3.05, 3.63) is 64.2 Å². The number of aromatic nitrogens is 3. The average molecular weight is 518 g/mol. The largest absolute Gasteiger partial charge is 0.451 e. The number of halogens is 3. The summed E-state index contributed by atoms with van der Waals surface area (Å²) in [6, 6.07) is 4.27. The Balaban J connectivity index is 1.41. The zero-order chi connectivity index (χ0) is 25.6. The van der Waals surface area contributed by atoms with E-state index in [4.69, 9.17) is 4.74 Å². The fraction of sp³-hybridized carbons (Fsp3) is 0.375. The Morgan fingerprint density at radius 1 is 1.14 bits per heavy atom. The second-order valence-corrected chi connectivity index (χ2v) is 10.1. The first-order chi connectivity index (χ1) is 17.1. The minimum absolute atomic E-state index is 0.0187. The number of nitrogens with one attached hydrogen (secondary N) is 1. The Morgan fingerprint density at radius 3 is 2.44 bits per heavy atom. The number of benzene rings is 1. The van der Waals surface area contributed by atoms with Gasteiger partial charge in [-0.1, -0.05) is 0 Å². The van der Waals surface area contributed by atoms with Crippen molar-refractivity contribution in [1.82, 2.24) is 25.2 Å². The van der Waals surface area contributed by atoms with Gasteiger partial charge >= 0.3 is 6.18 Å². The van der Waals surface area contributed by atoms with Crippen LogP contribution in [0.3, 0.4) is 0 Å². The van der Waals surface area contributed by atoms with Gasteiger partial charge in [0.25, 0.3) is 11.8 Å². The van der Waals surface area contributed by atoms with E-state index in [1.807, 2.05) is 6.92 Å². The fourth-order valence-corrected chi connectivity index (χ4v) is 5.13. The Morgan fingerprint density at radius 2 is 1.86 bits per heavy atom. The van der Waals surface area contributed by atoms with Crippen LogP contribution in [0, 0.1) is 6.92 Å². The minimum Gasteiger partial charge on any atom is -0.374 e. The lowest BCUT2D eigenvalue weighted by molar-refractivity contribution is -0.145. The van der Waals surface area contributed by atoms with Crippen LogP contribution >= 0.6 is 11.3 Å². The van der Waals surface area contributed by atoms with Gasteiger partial charge in [0.1, 0.15) is 5.01 Å². The quantitative estimate of drug-likeness (QED) is 0.549. The molecule has 3 aromatic rings. The average Bonchev–Trinajstić information content (AvgIpc) is 3.60. The standard InChI is InChI=1S/C24H22F3N5O3S/c1-12-7-28-21(36-12)15-3-14(4-16(5-15)22(34)32-10-19-6-18(32)11-35-19)20(33)31-13(2)17-8-29-23(30-9-17)24(25,26)27/h3-5,7-9,13,18-19H,6,10-11H2,1-2H3,(H,31,33)/t13-,18+,19+/m1/s1. The smallest absolute Gasteiger partial charge is 0.374 e. The number of carbonyl (C=O) groups is 2. The summed E-state index contributed by atoms with van der Waals surface area (Å²) in [6.45, 7) is 4.54. The molecule has 2 fully saturated rings. The highest BCUT2D eigenvalue weighted by Crippen LogP contribution is 2.32. The molecule has 0 saturated carbocycles. The number of rotatable bonds is 5. The summed E-state index contributed by atoms with van der Waals surface area (Å²) in [5.41, 5.74) is 1.55. The molecule has 0 radical (unpaired) electrons. The molecule has 0 aliphatic carbocycles. The van der Waals surface area contributed by atoms with Crippen molar-refractivity contribution in [3.8, 4) is 10.6 Å². The highest BCUT2D eigenvalue weighted by molar-refractivity contribution is 7.14. The topological polar surface area (TPSA) is 97.3 Å². The fourth-order valence-electron chi connectivity index (χ4n) is 4.38. The van der Waals surface area contributed by atoms with Gasteiger partial charge in [-0.05, 0) is 38.5 Å². The summed E-state index contributed by atoms with van der Waals surface area (Å²) < 4.78 is 43.9. The summed E-state index contributed by atoms with van der Waals surface area (Å²) >= 11 is 1.44. The third-order valence-electron chi connectivity index (χ3n) is 6.24. The van der Waals surface area contributed by atoms with E-state index in [2.05, 4.69) is 20.3 Å². The molecule has 8 nitrogen and oxygen atoms in total. The number of nitrogens with zero attached hydrogens (tertiary/aromatic N) is 4. The van der Waals surface area contributed by atoms with E-state index in [1.54, 1.807) is 30.2 Å². The molecule has 2 amide bonds. The number of ether oxygens (including phenoxy) is 1. The molecule has 188 valence electrons. The predicted molar refractivity (Wildman–Crippen MR) is 124 cm³/mol. The van der Waals surface area contributed by atoms with Gasteiger partial charge in [-0.25, -0.2) is 15.0 Å². The molecule has 4 heterocycles. The molecule has 5 rings (SSSR count). The first-order valence-electron chi connectivity index (χ1n) is 11.3. The number of alkyl halides is 3. The van der Waals surface area contributed by atoms with Crippen molar-refractivity contribution in [3.63, 3.8) is 0 Å². The first-order valence-corrected chi connectivity index (χ1v) is 12.1. The van der Waals surface area contributed by atoms with Gasteiger partial charge in [0, 0.05) is 52.3 Å². The van der Waals surface area contributed by atoms with Crippen molar-refractivity contribution < 1.29 is 27.5 Å². The van der Waals surface area contributed by atoms with E-state index in [-0.39, 0.29) is 23.6 Å². The van der Waals surface area contributed by atoms with Gasteiger partial charge in [-0.3, -0.25) is 9.59 Å². The van der Waals surface area contributed by atoms with Crippen LogP contribution in [0.15, 0.2) is 36.8 Å². The Bertz CT molecular complexity index is 1310. The van der Waals surface area contributed by atoms with Gasteiger partial charge in [-0.15, -0.1) is 11.3 Å². The number of hydrogen-bond acceptors (Lipinski definition) is 7. The maximum atomic E-state index is 13.4. The molecule has 0 unspecified atom stereocenters. The summed E-state index contributed by atoms with van der Waals surface area (Å²) in [4.78, 5) is 40.4. The van der Waals surface area contributed by atoms with Crippen molar-refractivity contribution in [2.45, 2.75) is 44.6 Å². The predicted octanol–water partition coefficient (Wildman–Crippen LogP) is 4.03. The van der Waals surface area contributed by atoms with Crippen LogP contribution in [0.2, 0.25) is 0 Å². The van der Waals surface area contributed by atoms with Crippen LogP contribution < -0.4 is 5.32 Å². The summed E-state index contributed by atoms with van der Waals surface area (Å²) in [5, 5.41) is 3.43. The van der Waals surface area contributed by atoms with Crippen LogP contribution in [-0.4, -0.2) is 57.0 Å². The normalized spacial score (nSPS) is 20.0. The zero-order valence-corrected chi connectivity index (χ0v) is 20.2. The second-order valence-electron chi connectivity index (χ2n) is 8.91. The van der Waals surface area contributed by atoms with Crippen molar-refractivity contribution in [2.24, 2.45) is 0 Å². The van der Waals surface area contributed by atoms with E-state index < -0.39 is 23.9 Å². The van der Waals surface area contributed by atoms with E-state index in [0.29, 0.717) is 34.8 Å². The Hall–Kier alpha value is -3.38. The lowest BCUT2D eigenvalue weighted by Gasteiger charge is -2.27.